The fourth-order valence-electron chi connectivity index (χ4n) is 4.11. The second-order valence-electron chi connectivity index (χ2n) is 7.15. The van der Waals surface area contributed by atoms with Crippen LogP contribution in [0.25, 0.3) is 0 Å². The standard InChI is InChI=1S/C18H23N5O3/c1-18-9-6-16(25)23(18)13-5-3-2-4-12(13)17(26)22(18)11-8-15(24)20-14-7-10-19-21-14/h2-5,14,19,21H,6-11H2,1H3,(H,20,24). The number of hydrazine groups is 1. The summed E-state index contributed by atoms with van der Waals surface area (Å²) in [5.41, 5.74) is 6.43. The van der Waals surface area contributed by atoms with Gasteiger partial charge in [-0.25, -0.2) is 5.43 Å². The molecule has 2 saturated heterocycles. The Hall–Kier alpha value is -2.45. The molecule has 4 rings (SSSR count). The van der Waals surface area contributed by atoms with Gasteiger partial charge < -0.3 is 10.2 Å². The van der Waals surface area contributed by atoms with E-state index in [9.17, 15) is 14.4 Å². The second-order valence-corrected chi connectivity index (χ2v) is 7.15. The zero-order valence-electron chi connectivity index (χ0n) is 14.7. The summed E-state index contributed by atoms with van der Waals surface area (Å²) < 4.78 is 0. The highest BCUT2D eigenvalue weighted by atomic mass is 16.2. The van der Waals surface area contributed by atoms with E-state index in [4.69, 9.17) is 0 Å². The van der Waals surface area contributed by atoms with E-state index in [1.165, 1.54) is 0 Å². The zero-order valence-corrected chi connectivity index (χ0v) is 14.7. The molecule has 0 aliphatic carbocycles. The lowest BCUT2D eigenvalue weighted by molar-refractivity contribution is -0.122. The summed E-state index contributed by atoms with van der Waals surface area (Å²) in [6, 6.07) is 7.19. The minimum absolute atomic E-state index is 0.0168. The normalized spacial score (nSPS) is 27.5. The van der Waals surface area contributed by atoms with Gasteiger partial charge in [-0.05, 0) is 31.9 Å². The molecule has 3 aliphatic rings. The van der Waals surface area contributed by atoms with Crippen molar-refractivity contribution in [3.8, 4) is 0 Å². The van der Waals surface area contributed by atoms with Gasteiger partial charge in [0.2, 0.25) is 11.8 Å². The molecule has 26 heavy (non-hydrogen) atoms. The second kappa shape index (κ2) is 6.37. The van der Waals surface area contributed by atoms with E-state index in [-0.39, 0.29) is 36.9 Å². The van der Waals surface area contributed by atoms with E-state index in [2.05, 4.69) is 16.2 Å². The van der Waals surface area contributed by atoms with Crippen LogP contribution in [0.5, 0.6) is 0 Å². The summed E-state index contributed by atoms with van der Waals surface area (Å²) in [7, 11) is 0. The average molecular weight is 357 g/mol. The maximum atomic E-state index is 13.1. The molecule has 2 fully saturated rings. The number of nitrogens with one attached hydrogen (secondary N) is 3. The van der Waals surface area contributed by atoms with Crippen LogP contribution >= 0.6 is 0 Å². The first-order chi connectivity index (χ1) is 12.5. The predicted octanol–water partition coefficient (Wildman–Crippen LogP) is 0.316. The van der Waals surface area contributed by atoms with Crippen LogP contribution in [-0.2, 0) is 9.59 Å². The van der Waals surface area contributed by atoms with Crippen molar-refractivity contribution in [2.45, 2.75) is 44.4 Å². The summed E-state index contributed by atoms with van der Waals surface area (Å²) >= 11 is 0. The Bertz CT molecular complexity index is 761. The van der Waals surface area contributed by atoms with Crippen molar-refractivity contribution in [1.82, 2.24) is 21.1 Å². The topological polar surface area (TPSA) is 93.8 Å². The van der Waals surface area contributed by atoms with Crippen molar-refractivity contribution in [2.24, 2.45) is 0 Å². The Morgan fingerprint density at radius 1 is 1.35 bits per heavy atom. The minimum atomic E-state index is -0.712. The van der Waals surface area contributed by atoms with Gasteiger partial charge in [0, 0.05) is 25.9 Å². The molecule has 8 heteroatoms. The van der Waals surface area contributed by atoms with Crippen LogP contribution < -0.4 is 21.1 Å². The molecule has 0 bridgehead atoms. The summed E-state index contributed by atoms with van der Waals surface area (Å²) in [5.74, 6) is -0.219. The lowest BCUT2D eigenvalue weighted by Gasteiger charge is -2.48. The van der Waals surface area contributed by atoms with Crippen LogP contribution in [0.1, 0.15) is 43.0 Å². The molecule has 0 spiro atoms. The number of nitrogens with zero attached hydrogens (tertiary/aromatic N) is 2. The van der Waals surface area contributed by atoms with Gasteiger partial charge >= 0.3 is 0 Å². The van der Waals surface area contributed by atoms with Crippen molar-refractivity contribution in [3.05, 3.63) is 29.8 Å². The van der Waals surface area contributed by atoms with Crippen molar-refractivity contribution >= 4 is 23.4 Å². The number of amides is 3. The number of hydrogen-bond donors (Lipinski definition) is 3. The largest absolute Gasteiger partial charge is 0.339 e. The van der Waals surface area contributed by atoms with Gasteiger partial charge in [-0.2, -0.15) is 0 Å². The van der Waals surface area contributed by atoms with Crippen molar-refractivity contribution in [2.75, 3.05) is 18.0 Å². The van der Waals surface area contributed by atoms with E-state index in [1.807, 2.05) is 19.1 Å². The first kappa shape index (κ1) is 17.0. The van der Waals surface area contributed by atoms with Crippen LogP contribution in [0, 0.1) is 0 Å². The molecule has 0 aromatic heterocycles. The third-order valence-corrected chi connectivity index (χ3v) is 5.48. The third-order valence-electron chi connectivity index (χ3n) is 5.48. The quantitative estimate of drug-likeness (QED) is 0.721. The molecule has 138 valence electrons. The predicted molar refractivity (Wildman–Crippen MR) is 94.9 cm³/mol. The Labute approximate surface area is 151 Å². The molecule has 1 aromatic rings. The summed E-state index contributed by atoms with van der Waals surface area (Å²) in [5, 5.41) is 2.90. The number of para-hydroxylation sites is 1. The van der Waals surface area contributed by atoms with Crippen molar-refractivity contribution in [3.63, 3.8) is 0 Å². The minimum Gasteiger partial charge on any atom is -0.339 e. The van der Waals surface area contributed by atoms with Crippen LogP contribution in [-0.4, -0.2) is 47.5 Å². The van der Waals surface area contributed by atoms with E-state index in [0.29, 0.717) is 24.1 Å². The number of hydrogen-bond acceptors (Lipinski definition) is 5. The molecule has 3 amide bonds. The van der Waals surface area contributed by atoms with Crippen LogP contribution in [0.3, 0.4) is 0 Å². The number of carbonyl (C=O) groups excluding carboxylic acids is 3. The number of rotatable bonds is 4. The smallest absolute Gasteiger partial charge is 0.257 e. The first-order valence-corrected chi connectivity index (χ1v) is 9.02. The molecular weight excluding hydrogens is 334 g/mol. The molecule has 3 N–H and O–H groups in total. The highest BCUT2D eigenvalue weighted by molar-refractivity contribution is 6.10. The monoisotopic (exact) mass is 357 g/mol. The van der Waals surface area contributed by atoms with E-state index in [1.54, 1.807) is 21.9 Å². The van der Waals surface area contributed by atoms with Crippen molar-refractivity contribution < 1.29 is 14.4 Å². The Balaban J connectivity index is 1.54. The summed E-state index contributed by atoms with van der Waals surface area (Å²) in [6.07, 6.45) is 1.91. The van der Waals surface area contributed by atoms with Gasteiger partial charge in [0.15, 0.2) is 0 Å². The molecule has 3 aliphatic heterocycles. The molecule has 8 nitrogen and oxygen atoms in total. The Morgan fingerprint density at radius 2 is 2.15 bits per heavy atom. The highest BCUT2D eigenvalue weighted by Gasteiger charge is 2.52. The van der Waals surface area contributed by atoms with Crippen molar-refractivity contribution in [1.29, 1.82) is 0 Å². The van der Waals surface area contributed by atoms with Crippen LogP contribution in [0.15, 0.2) is 24.3 Å². The van der Waals surface area contributed by atoms with Gasteiger partial charge in [-0.15, -0.1) is 0 Å². The Morgan fingerprint density at radius 3 is 2.92 bits per heavy atom. The first-order valence-electron chi connectivity index (χ1n) is 9.02. The van der Waals surface area contributed by atoms with E-state index >= 15 is 0 Å². The highest BCUT2D eigenvalue weighted by Crippen LogP contribution is 2.43. The molecule has 0 saturated carbocycles. The van der Waals surface area contributed by atoms with E-state index < -0.39 is 5.66 Å². The lowest BCUT2D eigenvalue weighted by Crippen LogP contribution is -2.62. The van der Waals surface area contributed by atoms with E-state index in [0.717, 1.165) is 13.0 Å². The Kier molecular flexibility index (Phi) is 4.16. The maximum absolute atomic E-state index is 13.1. The van der Waals surface area contributed by atoms with Crippen LogP contribution in [0.4, 0.5) is 5.69 Å². The molecule has 0 radical (unpaired) electrons. The van der Waals surface area contributed by atoms with Gasteiger partial charge in [0.1, 0.15) is 5.66 Å². The number of benzene rings is 1. The summed E-state index contributed by atoms with van der Waals surface area (Å²) in [6.45, 7) is 2.99. The molecule has 1 aromatic carbocycles. The van der Waals surface area contributed by atoms with Gasteiger partial charge in [-0.3, -0.25) is 24.7 Å². The van der Waals surface area contributed by atoms with Gasteiger partial charge in [0.05, 0.1) is 17.4 Å². The fourth-order valence-corrected chi connectivity index (χ4v) is 4.11. The fraction of sp³-hybridized carbons (Fsp3) is 0.500. The average Bonchev–Trinajstić information content (AvgIpc) is 3.23. The van der Waals surface area contributed by atoms with Gasteiger partial charge in [0.25, 0.3) is 5.91 Å². The maximum Gasteiger partial charge on any atom is 0.257 e. The number of anilines is 1. The SMILES string of the molecule is CC12CCC(=O)N1c1ccccc1C(=O)N2CCC(=O)NC1CCNN1. The lowest BCUT2D eigenvalue weighted by atomic mass is 9.98. The number of carbonyl (C=O) groups is 3. The zero-order chi connectivity index (χ0) is 18.3. The third kappa shape index (κ3) is 2.65. The van der Waals surface area contributed by atoms with Gasteiger partial charge in [-0.1, -0.05) is 12.1 Å². The molecule has 2 atom stereocenters. The van der Waals surface area contributed by atoms with Crippen LogP contribution in [0.2, 0.25) is 0 Å². The number of fused-ring (bicyclic) bond motifs is 3. The summed E-state index contributed by atoms with van der Waals surface area (Å²) in [4.78, 5) is 41.2. The molecular formula is C18H23N5O3. The molecule has 2 unspecified atom stereocenters. The molecule has 3 heterocycles.